The third kappa shape index (κ3) is 2.89. The van der Waals surface area contributed by atoms with Gasteiger partial charge in [0.05, 0.1) is 6.04 Å². The van der Waals surface area contributed by atoms with Crippen molar-refractivity contribution in [2.24, 2.45) is 0 Å². The van der Waals surface area contributed by atoms with Crippen LogP contribution >= 0.6 is 15.9 Å². The van der Waals surface area contributed by atoms with Crippen LogP contribution in [0.2, 0.25) is 0 Å². The van der Waals surface area contributed by atoms with Crippen molar-refractivity contribution >= 4 is 21.6 Å². The van der Waals surface area contributed by atoms with Crippen LogP contribution in [0.1, 0.15) is 29.2 Å². The van der Waals surface area contributed by atoms with Crippen LogP contribution in [-0.2, 0) is 6.54 Å². The number of hydrogen-bond donors (Lipinski definition) is 2. The first-order valence-electron chi connectivity index (χ1n) is 7.05. The Morgan fingerprint density at radius 2 is 2.05 bits per heavy atom. The van der Waals surface area contributed by atoms with Crippen LogP contribution in [0.25, 0.3) is 0 Å². The fourth-order valence-electron chi connectivity index (χ4n) is 2.75. The van der Waals surface area contributed by atoms with Crippen molar-refractivity contribution in [1.29, 1.82) is 0 Å². The Kier molecular flexibility index (Phi) is 4.08. The Hall–Kier alpha value is -1.32. The molecular weight excluding hydrogens is 312 g/mol. The second kappa shape index (κ2) is 5.98. The zero-order valence-electron chi connectivity index (χ0n) is 11.6. The minimum absolute atomic E-state index is 0.360. The fraction of sp³-hybridized carbons (Fsp3) is 0.294. The third-order valence-electron chi connectivity index (χ3n) is 3.81. The molecule has 3 rings (SSSR count). The molecule has 0 saturated heterocycles. The smallest absolute Gasteiger partial charge is 0.0529 e. The van der Waals surface area contributed by atoms with Gasteiger partial charge in [-0.15, -0.1) is 0 Å². The van der Waals surface area contributed by atoms with Gasteiger partial charge in [0.15, 0.2) is 0 Å². The van der Waals surface area contributed by atoms with E-state index in [-0.39, 0.29) is 0 Å². The molecule has 20 heavy (non-hydrogen) atoms. The summed E-state index contributed by atoms with van der Waals surface area (Å²) in [7, 11) is 0. The quantitative estimate of drug-likeness (QED) is 0.852. The highest BCUT2D eigenvalue weighted by Crippen LogP contribution is 2.31. The van der Waals surface area contributed by atoms with E-state index in [1.807, 2.05) is 0 Å². The van der Waals surface area contributed by atoms with Gasteiger partial charge in [0.25, 0.3) is 0 Å². The van der Waals surface area contributed by atoms with Crippen molar-refractivity contribution in [2.45, 2.75) is 25.9 Å². The van der Waals surface area contributed by atoms with Gasteiger partial charge >= 0.3 is 0 Å². The lowest BCUT2D eigenvalue weighted by molar-refractivity contribution is 0.637. The number of fused-ring (bicyclic) bond motifs is 1. The summed E-state index contributed by atoms with van der Waals surface area (Å²) in [5.41, 5.74) is 5.25. The van der Waals surface area contributed by atoms with Gasteiger partial charge in [-0.3, -0.25) is 0 Å². The predicted octanol–water partition coefficient (Wildman–Crippen LogP) is 4.40. The molecule has 1 aliphatic heterocycles. The van der Waals surface area contributed by atoms with E-state index in [1.165, 1.54) is 22.4 Å². The molecule has 1 heterocycles. The first-order chi connectivity index (χ1) is 9.74. The molecule has 2 aromatic rings. The van der Waals surface area contributed by atoms with Crippen molar-refractivity contribution in [3.05, 3.63) is 63.6 Å². The second-order valence-corrected chi connectivity index (χ2v) is 6.20. The highest BCUT2D eigenvalue weighted by molar-refractivity contribution is 9.10. The largest absolute Gasteiger partial charge is 0.377 e. The molecule has 0 radical (unpaired) electrons. The van der Waals surface area contributed by atoms with E-state index in [1.54, 1.807) is 0 Å². The Labute approximate surface area is 128 Å². The molecule has 0 fully saturated rings. The Morgan fingerprint density at radius 1 is 1.20 bits per heavy atom. The number of halogens is 1. The Morgan fingerprint density at radius 3 is 2.95 bits per heavy atom. The predicted molar refractivity (Wildman–Crippen MR) is 88.0 cm³/mol. The molecule has 104 valence electrons. The number of aryl methyl sites for hydroxylation is 1. The van der Waals surface area contributed by atoms with Gasteiger partial charge in [0.1, 0.15) is 0 Å². The monoisotopic (exact) mass is 330 g/mol. The van der Waals surface area contributed by atoms with Gasteiger partial charge in [-0.25, -0.2) is 0 Å². The first-order valence-corrected chi connectivity index (χ1v) is 7.84. The molecule has 0 amide bonds. The molecule has 1 atom stereocenters. The standard InChI is InChI=1S/C17H19BrN2/c1-12-6-7-15(18)17(10-12)20-16-8-9-19-11-13-4-2-3-5-14(13)16/h2-7,10,16,19-20H,8-9,11H2,1H3. The highest BCUT2D eigenvalue weighted by Gasteiger charge is 2.18. The third-order valence-corrected chi connectivity index (χ3v) is 4.50. The van der Waals surface area contributed by atoms with Crippen LogP contribution in [-0.4, -0.2) is 6.54 Å². The lowest BCUT2D eigenvalue weighted by Gasteiger charge is -2.21. The van der Waals surface area contributed by atoms with Crippen LogP contribution in [0.15, 0.2) is 46.9 Å². The minimum Gasteiger partial charge on any atom is -0.377 e. The van der Waals surface area contributed by atoms with E-state index in [9.17, 15) is 0 Å². The topological polar surface area (TPSA) is 24.1 Å². The molecule has 0 aromatic heterocycles. The average molecular weight is 331 g/mol. The summed E-state index contributed by atoms with van der Waals surface area (Å²) in [5.74, 6) is 0. The summed E-state index contributed by atoms with van der Waals surface area (Å²) in [5, 5.41) is 7.19. The summed E-state index contributed by atoms with van der Waals surface area (Å²) in [6.07, 6.45) is 1.09. The van der Waals surface area contributed by atoms with Gasteiger partial charge < -0.3 is 10.6 Å². The zero-order valence-corrected chi connectivity index (χ0v) is 13.2. The van der Waals surface area contributed by atoms with E-state index in [0.717, 1.165) is 24.0 Å². The summed E-state index contributed by atoms with van der Waals surface area (Å²) >= 11 is 3.64. The van der Waals surface area contributed by atoms with E-state index >= 15 is 0 Å². The molecule has 1 unspecified atom stereocenters. The van der Waals surface area contributed by atoms with Crippen LogP contribution in [0, 0.1) is 6.92 Å². The molecular formula is C17H19BrN2. The van der Waals surface area contributed by atoms with E-state index in [4.69, 9.17) is 0 Å². The molecule has 2 aromatic carbocycles. The van der Waals surface area contributed by atoms with Crippen molar-refractivity contribution in [3.63, 3.8) is 0 Å². The molecule has 0 spiro atoms. The van der Waals surface area contributed by atoms with Gasteiger partial charge in [-0.1, -0.05) is 30.3 Å². The van der Waals surface area contributed by atoms with E-state index < -0.39 is 0 Å². The van der Waals surface area contributed by atoms with Crippen LogP contribution in [0.4, 0.5) is 5.69 Å². The summed E-state index contributed by atoms with van der Waals surface area (Å²) in [6, 6.07) is 15.5. The molecule has 2 N–H and O–H groups in total. The zero-order chi connectivity index (χ0) is 13.9. The molecule has 0 saturated carbocycles. The minimum atomic E-state index is 0.360. The lowest BCUT2D eigenvalue weighted by Crippen LogP contribution is -2.15. The molecule has 0 aliphatic carbocycles. The van der Waals surface area contributed by atoms with Gasteiger partial charge in [-0.05, 0) is 64.6 Å². The van der Waals surface area contributed by atoms with Crippen molar-refractivity contribution in [1.82, 2.24) is 5.32 Å². The summed E-state index contributed by atoms with van der Waals surface area (Å²) in [4.78, 5) is 0. The van der Waals surface area contributed by atoms with E-state index in [2.05, 4.69) is 76.0 Å². The second-order valence-electron chi connectivity index (χ2n) is 5.34. The highest BCUT2D eigenvalue weighted by atomic mass is 79.9. The molecule has 2 nitrogen and oxygen atoms in total. The number of nitrogens with one attached hydrogen (secondary N) is 2. The number of rotatable bonds is 2. The first kappa shape index (κ1) is 13.7. The number of benzene rings is 2. The van der Waals surface area contributed by atoms with Crippen LogP contribution < -0.4 is 10.6 Å². The maximum absolute atomic E-state index is 3.70. The van der Waals surface area contributed by atoms with Gasteiger partial charge in [0, 0.05) is 16.7 Å². The molecule has 1 aliphatic rings. The summed E-state index contributed by atoms with van der Waals surface area (Å²) in [6.45, 7) is 4.12. The van der Waals surface area contributed by atoms with Gasteiger partial charge in [-0.2, -0.15) is 0 Å². The van der Waals surface area contributed by atoms with E-state index in [0.29, 0.717) is 6.04 Å². The Bertz CT molecular complexity index is 610. The SMILES string of the molecule is Cc1ccc(Br)c(NC2CCNCc3ccccc32)c1. The van der Waals surface area contributed by atoms with Gasteiger partial charge in [0.2, 0.25) is 0 Å². The van der Waals surface area contributed by atoms with Crippen LogP contribution in [0.3, 0.4) is 0 Å². The average Bonchev–Trinajstić information content (AvgIpc) is 2.66. The molecule has 0 bridgehead atoms. The van der Waals surface area contributed by atoms with Crippen molar-refractivity contribution < 1.29 is 0 Å². The summed E-state index contributed by atoms with van der Waals surface area (Å²) < 4.78 is 1.12. The fourth-order valence-corrected chi connectivity index (χ4v) is 3.11. The maximum Gasteiger partial charge on any atom is 0.0529 e. The van der Waals surface area contributed by atoms with Crippen LogP contribution in [0.5, 0.6) is 0 Å². The number of anilines is 1. The normalized spacial score (nSPS) is 18.2. The molecule has 3 heteroatoms. The van der Waals surface area contributed by atoms with Crippen molar-refractivity contribution in [2.75, 3.05) is 11.9 Å². The Balaban J connectivity index is 1.92. The maximum atomic E-state index is 3.70. The van der Waals surface area contributed by atoms with Crippen molar-refractivity contribution in [3.8, 4) is 0 Å². The lowest BCUT2D eigenvalue weighted by atomic mass is 9.99. The number of hydrogen-bond acceptors (Lipinski definition) is 2.